The van der Waals surface area contributed by atoms with Crippen LogP contribution >= 0.6 is 11.6 Å². The molecule has 1 heterocycles. The van der Waals surface area contributed by atoms with Gasteiger partial charge in [0.25, 0.3) is 11.8 Å². The predicted octanol–water partition coefficient (Wildman–Crippen LogP) is 4.30. The summed E-state index contributed by atoms with van der Waals surface area (Å²) in [4.78, 5) is 25.0. The van der Waals surface area contributed by atoms with E-state index in [2.05, 4.69) is 0 Å². The van der Waals surface area contributed by atoms with Crippen LogP contribution < -0.4 is 4.90 Å². The van der Waals surface area contributed by atoms with Crippen molar-refractivity contribution in [3.63, 3.8) is 0 Å². The second-order valence-electron chi connectivity index (χ2n) is 4.78. The summed E-state index contributed by atoms with van der Waals surface area (Å²) in [5.74, 6) is -2.97. The molecule has 0 fully saturated rings. The van der Waals surface area contributed by atoms with Gasteiger partial charge in [0.15, 0.2) is 0 Å². The van der Waals surface area contributed by atoms with Crippen LogP contribution in [-0.4, -0.2) is 11.8 Å². The normalized spacial score (nSPS) is 14.4. The number of imide groups is 1. The van der Waals surface area contributed by atoms with Gasteiger partial charge in [0.2, 0.25) is 0 Å². The predicted molar refractivity (Wildman–Crippen MR) is 74.0 cm³/mol. The van der Waals surface area contributed by atoms with Gasteiger partial charge in [0.05, 0.1) is 27.4 Å². The number of hydrogen-bond donors (Lipinski definition) is 0. The van der Waals surface area contributed by atoms with Crippen LogP contribution in [0.25, 0.3) is 0 Å². The number of hydrogen-bond acceptors (Lipinski definition) is 2. The van der Waals surface area contributed by atoms with Crippen molar-refractivity contribution in [2.24, 2.45) is 0 Å². The van der Waals surface area contributed by atoms with Crippen molar-refractivity contribution in [1.29, 1.82) is 0 Å². The van der Waals surface area contributed by atoms with E-state index < -0.39 is 40.1 Å². The van der Waals surface area contributed by atoms with Gasteiger partial charge < -0.3 is 0 Å². The lowest BCUT2D eigenvalue weighted by Crippen LogP contribution is -2.30. The third-order valence-electron chi connectivity index (χ3n) is 3.36. The molecule has 0 aliphatic carbocycles. The highest BCUT2D eigenvalue weighted by molar-refractivity contribution is 6.40. The molecule has 2 amide bonds. The summed E-state index contributed by atoms with van der Waals surface area (Å²) in [6.07, 6.45) is -4.92. The second-order valence-corrected chi connectivity index (χ2v) is 5.15. The Morgan fingerprint density at radius 1 is 0.957 bits per heavy atom. The smallest absolute Gasteiger partial charge is 0.268 e. The maximum atomic E-state index is 13.6. The van der Waals surface area contributed by atoms with Crippen molar-refractivity contribution in [3.8, 4) is 0 Å². The number of amides is 2. The van der Waals surface area contributed by atoms with Crippen LogP contribution in [0.3, 0.4) is 0 Å². The molecule has 0 atom stereocenters. The van der Waals surface area contributed by atoms with Crippen molar-refractivity contribution in [3.05, 3.63) is 63.9 Å². The summed E-state index contributed by atoms with van der Waals surface area (Å²) >= 11 is 5.69. The molecule has 2 aromatic rings. The monoisotopic (exact) mass is 343 g/mol. The van der Waals surface area contributed by atoms with E-state index in [1.807, 2.05) is 0 Å². The minimum Gasteiger partial charge on any atom is -0.268 e. The molecule has 1 aliphatic heterocycles. The molecule has 0 bridgehead atoms. The highest BCUT2D eigenvalue weighted by Crippen LogP contribution is 2.42. The summed E-state index contributed by atoms with van der Waals surface area (Å²) < 4.78 is 52.3. The van der Waals surface area contributed by atoms with E-state index in [4.69, 9.17) is 11.6 Å². The van der Waals surface area contributed by atoms with E-state index in [0.29, 0.717) is 11.0 Å². The Bertz CT molecular complexity index is 813. The lowest BCUT2D eigenvalue weighted by molar-refractivity contribution is -0.137. The molecule has 0 saturated carbocycles. The zero-order valence-electron chi connectivity index (χ0n) is 11.1. The third-order valence-corrected chi connectivity index (χ3v) is 3.76. The number of alkyl halides is 3. The summed E-state index contributed by atoms with van der Waals surface area (Å²) in [7, 11) is 0. The third kappa shape index (κ3) is 2.37. The highest BCUT2D eigenvalue weighted by atomic mass is 35.5. The minimum absolute atomic E-state index is 0.0198. The molecular formula is C15H6ClF4NO2. The second kappa shape index (κ2) is 5.06. The van der Waals surface area contributed by atoms with Crippen molar-refractivity contribution in [2.75, 3.05) is 4.90 Å². The molecule has 1 aliphatic rings. The van der Waals surface area contributed by atoms with Gasteiger partial charge in [0, 0.05) is 0 Å². The average Bonchev–Trinajstić information content (AvgIpc) is 2.73. The Kier molecular flexibility index (Phi) is 3.40. The molecule has 8 heteroatoms. The van der Waals surface area contributed by atoms with Crippen molar-refractivity contribution in [1.82, 2.24) is 0 Å². The molecule has 0 unspecified atom stereocenters. The molecule has 2 aromatic carbocycles. The Labute approximate surface area is 132 Å². The lowest BCUT2D eigenvalue weighted by Gasteiger charge is -2.19. The topological polar surface area (TPSA) is 37.4 Å². The number of carbonyl (C=O) groups excluding carboxylic acids is 2. The molecule has 0 spiro atoms. The lowest BCUT2D eigenvalue weighted by atomic mass is 10.1. The first-order chi connectivity index (χ1) is 10.7. The molecule has 118 valence electrons. The first kappa shape index (κ1) is 15.5. The maximum absolute atomic E-state index is 13.6. The number of rotatable bonds is 1. The Balaban J connectivity index is 2.20. The van der Waals surface area contributed by atoms with E-state index >= 15 is 0 Å². The van der Waals surface area contributed by atoms with Gasteiger partial charge >= 0.3 is 6.18 Å². The van der Waals surface area contributed by atoms with E-state index in [9.17, 15) is 27.2 Å². The van der Waals surface area contributed by atoms with Crippen LogP contribution in [0, 0.1) is 5.82 Å². The average molecular weight is 344 g/mol. The van der Waals surface area contributed by atoms with E-state index in [-0.39, 0.29) is 17.2 Å². The van der Waals surface area contributed by atoms with Gasteiger partial charge in [0.1, 0.15) is 5.82 Å². The van der Waals surface area contributed by atoms with Crippen LogP contribution in [0.1, 0.15) is 26.3 Å². The summed E-state index contributed by atoms with van der Waals surface area (Å²) in [5.41, 5.74) is -2.05. The Hall–Kier alpha value is -2.41. The number of anilines is 1. The molecule has 3 rings (SSSR count). The quantitative estimate of drug-likeness (QED) is 0.572. The fourth-order valence-corrected chi connectivity index (χ4v) is 2.65. The number of nitrogens with zero attached hydrogens (tertiary/aromatic N) is 1. The summed E-state index contributed by atoms with van der Waals surface area (Å²) in [6, 6.07) is 6.55. The van der Waals surface area contributed by atoms with Gasteiger partial charge in [-0.2, -0.15) is 13.2 Å². The van der Waals surface area contributed by atoms with E-state index in [1.54, 1.807) is 0 Å². The van der Waals surface area contributed by atoms with Crippen molar-refractivity contribution < 1.29 is 27.2 Å². The molecular weight excluding hydrogens is 338 g/mol. The highest BCUT2D eigenvalue weighted by Gasteiger charge is 2.41. The SMILES string of the molecule is O=C1c2ccccc2C(=O)N1c1cc(F)cc(C(F)(F)F)c1Cl. The number of benzene rings is 2. The van der Waals surface area contributed by atoms with Gasteiger partial charge in [-0.1, -0.05) is 23.7 Å². The van der Waals surface area contributed by atoms with Gasteiger partial charge in [-0.15, -0.1) is 0 Å². The van der Waals surface area contributed by atoms with Crippen LogP contribution in [0.4, 0.5) is 23.2 Å². The number of halogens is 5. The number of carbonyl (C=O) groups is 2. The van der Waals surface area contributed by atoms with Crippen LogP contribution in [0.2, 0.25) is 5.02 Å². The zero-order valence-corrected chi connectivity index (χ0v) is 11.9. The molecule has 0 saturated heterocycles. The molecule has 3 nitrogen and oxygen atoms in total. The standard InChI is InChI=1S/C15H6ClF4NO2/c16-12-10(15(18,19)20)5-7(17)6-11(12)21-13(22)8-3-1-2-4-9(8)14(21)23/h1-6H. The molecule has 23 heavy (non-hydrogen) atoms. The minimum atomic E-state index is -4.92. The molecule has 0 radical (unpaired) electrons. The van der Waals surface area contributed by atoms with E-state index in [0.717, 1.165) is 0 Å². The largest absolute Gasteiger partial charge is 0.418 e. The molecule has 0 aromatic heterocycles. The Morgan fingerprint density at radius 2 is 1.48 bits per heavy atom. The first-order valence-corrected chi connectivity index (χ1v) is 6.63. The number of fused-ring (bicyclic) bond motifs is 1. The van der Waals surface area contributed by atoms with Crippen LogP contribution in [0.5, 0.6) is 0 Å². The summed E-state index contributed by atoms with van der Waals surface area (Å²) in [5, 5.41) is -0.909. The van der Waals surface area contributed by atoms with Gasteiger partial charge in [-0.3, -0.25) is 9.59 Å². The maximum Gasteiger partial charge on any atom is 0.418 e. The Morgan fingerprint density at radius 3 is 1.96 bits per heavy atom. The first-order valence-electron chi connectivity index (χ1n) is 6.26. The fourth-order valence-electron chi connectivity index (χ4n) is 2.35. The van der Waals surface area contributed by atoms with Crippen LogP contribution in [0.15, 0.2) is 36.4 Å². The van der Waals surface area contributed by atoms with Crippen molar-refractivity contribution >= 4 is 29.1 Å². The van der Waals surface area contributed by atoms with Gasteiger partial charge in [-0.25, -0.2) is 9.29 Å². The summed E-state index contributed by atoms with van der Waals surface area (Å²) in [6.45, 7) is 0. The fraction of sp³-hybridized carbons (Fsp3) is 0.0667. The molecule has 0 N–H and O–H groups in total. The van der Waals surface area contributed by atoms with Gasteiger partial charge in [-0.05, 0) is 24.3 Å². The van der Waals surface area contributed by atoms with Crippen molar-refractivity contribution in [2.45, 2.75) is 6.18 Å². The zero-order chi connectivity index (χ0) is 16.9. The van der Waals surface area contributed by atoms with Crippen LogP contribution in [-0.2, 0) is 6.18 Å². The van der Waals surface area contributed by atoms with E-state index in [1.165, 1.54) is 24.3 Å².